The number of amides is 1. The molecular formula is C24H26ClFN4O4. The number of phenolic OH excluding ortho intramolecular Hbond substituents is 1. The molecule has 34 heavy (non-hydrogen) atoms. The van der Waals surface area contributed by atoms with Crippen LogP contribution in [0.1, 0.15) is 18.4 Å². The zero-order valence-corrected chi connectivity index (χ0v) is 19.5. The standard InChI is InChI=1S/C24H25FN4O4.ClH/c1-14-5-6-17-19(11-14)27-22(21-18(25)3-2-4-20(21)30)28-23(17)29-9-7-15(12-29)26-24(31)33-16-8-10-32-13-16;/h2-6,11,15-16,30H,7-10,12-13H2,1H3,(H,26,31);1H/t15-,16+;/m1./s1. The number of carbonyl (C=O) groups excluding carboxylic acids is 1. The molecule has 2 aromatic carbocycles. The zero-order valence-electron chi connectivity index (χ0n) is 18.7. The molecule has 180 valence electrons. The summed E-state index contributed by atoms with van der Waals surface area (Å²) in [6, 6.07) is 9.85. The van der Waals surface area contributed by atoms with Gasteiger partial charge in [0, 0.05) is 24.9 Å². The summed E-state index contributed by atoms with van der Waals surface area (Å²) in [6.07, 6.45) is 0.779. The molecule has 0 bridgehead atoms. The summed E-state index contributed by atoms with van der Waals surface area (Å²) in [6.45, 7) is 4.18. The third kappa shape index (κ3) is 4.85. The maximum absolute atomic E-state index is 14.6. The van der Waals surface area contributed by atoms with E-state index in [9.17, 15) is 14.3 Å². The number of fused-ring (bicyclic) bond motifs is 1. The SMILES string of the molecule is Cc1ccc2c(N3CC[C@@H](NC(=O)O[C@H]4CCOC4)C3)nc(-c3c(O)cccc3F)nc2c1.Cl. The lowest BCUT2D eigenvalue weighted by atomic mass is 10.1. The summed E-state index contributed by atoms with van der Waals surface area (Å²) >= 11 is 0. The Kier molecular flexibility index (Phi) is 7.04. The van der Waals surface area contributed by atoms with Crippen LogP contribution in [0.25, 0.3) is 22.3 Å². The highest BCUT2D eigenvalue weighted by atomic mass is 35.5. The number of rotatable bonds is 4. The van der Waals surface area contributed by atoms with Gasteiger partial charge in [0.15, 0.2) is 5.82 Å². The Labute approximate surface area is 202 Å². The van der Waals surface area contributed by atoms with E-state index in [-0.39, 0.29) is 41.7 Å². The number of ether oxygens (including phenoxy) is 2. The number of aromatic hydroxyl groups is 1. The highest BCUT2D eigenvalue weighted by molar-refractivity contribution is 5.92. The van der Waals surface area contributed by atoms with E-state index in [2.05, 4.69) is 15.3 Å². The number of hydrogen-bond acceptors (Lipinski definition) is 7. The van der Waals surface area contributed by atoms with Crippen LogP contribution < -0.4 is 10.2 Å². The largest absolute Gasteiger partial charge is 0.507 e. The van der Waals surface area contributed by atoms with Crippen molar-refractivity contribution < 1.29 is 23.8 Å². The van der Waals surface area contributed by atoms with Crippen molar-refractivity contribution in [2.24, 2.45) is 0 Å². The molecule has 8 nitrogen and oxygen atoms in total. The summed E-state index contributed by atoms with van der Waals surface area (Å²) in [4.78, 5) is 23.5. The Morgan fingerprint density at radius 2 is 2.12 bits per heavy atom. The minimum Gasteiger partial charge on any atom is -0.507 e. The van der Waals surface area contributed by atoms with Gasteiger partial charge in [0.25, 0.3) is 0 Å². The van der Waals surface area contributed by atoms with Crippen molar-refractivity contribution in [2.45, 2.75) is 31.9 Å². The van der Waals surface area contributed by atoms with Gasteiger partial charge >= 0.3 is 6.09 Å². The average Bonchev–Trinajstić information content (AvgIpc) is 3.45. The molecule has 2 saturated heterocycles. The fraction of sp³-hybridized carbons (Fsp3) is 0.375. The summed E-state index contributed by atoms with van der Waals surface area (Å²) < 4.78 is 25.2. The van der Waals surface area contributed by atoms with Crippen molar-refractivity contribution in [1.82, 2.24) is 15.3 Å². The molecule has 3 heterocycles. The Balaban J connectivity index is 0.00000274. The molecule has 2 N–H and O–H groups in total. The van der Waals surface area contributed by atoms with Gasteiger partial charge in [-0.25, -0.2) is 19.2 Å². The van der Waals surface area contributed by atoms with Gasteiger partial charge in [-0.3, -0.25) is 0 Å². The van der Waals surface area contributed by atoms with Gasteiger partial charge in [-0.05, 0) is 43.2 Å². The third-order valence-electron chi connectivity index (χ3n) is 6.02. The highest BCUT2D eigenvalue weighted by Crippen LogP contribution is 2.34. The van der Waals surface area contributed by atoms with Crippen LogP contribution in [0, 0.1) is 12.7 Å². The number of nitrogens with one attached hydrogen (secondary N) is 1. The van der Waals surface area contributed by atoms with Crippen molar-refractivity contribution in [3.05, 3.63) is 47.8 Å². The Hall–Kier alpha value is -3.17. The van der Waals surface area contributed by atoms with Crippen molar-refractivity contribution in [3.8, 4) is 17.1 Å². The van der Waals surface area contributed by atoms with E-state index in [0.717, 1.165) is 10.9 Å². The van der Waals surface area contributed by atoms with Gasteiger partial charge in [-0.1, -0.05) is 12.1 Å². The molecular weight excluding hydrogens is 463 g/mol. The van der Waals surface area contributed by atoms with E-state index in [1.54, 1.807) is 0 Å². The monoisotopic (exact) mass is 488 g/mol. The molecule has 0 spiro atoms. The lowest BCUT2D eigenvalue weighted by Gasteiger charge is -2.21. The van der Waals surface area contributed by atoms with Crippen molar-refractivity contribution >= 4 is 35.2 Å². The fourth-order valence-electron chi connectivity index (χ4n) is 4.34. The third-order valence-corrected chi connectivity index (χ3v) is 6.02. The van der Waals surface area contributed by atoms with Crippen molar-refractivity contribution in [2.75, 3.05) is 31.2 Å². The highest BCUT2D eigenvalue weighted by Gasteiger charge is 2.29. The number of carbonyl (C=O) groups is 1. The van der Waals surface area contributed by atoms with E-state index in [0.29, 0.717) is 50.5 Å². The first kappa shape index (κ1) is 24.0. The Bertz CT molecular complexity index is 1180. The molecule has 2 aliphatic rings. The molecule has 2 atom stereocenters. The van der Waals surface area contributed by atoms with Crippen LogP contribution in [0.3, 0.4) is 0 Å². The summed E-state index contributed by atoms with van der Waals surface area (Å²) in [5.74, 6) is -0.0459. The quantitative estimate of drug-likeness (QED) is 0.573. The fourth-order valence-corrected chi connectivity index (χ4v) is 4.34. The van der Waals surface area contributed by atoms with Gasteiger partial charge in [0.1, 0.15) is 23.5 Å². The number of halogens is 2. The molecule has 2 fully saturated rings. The number of phenols is 1. The van der Waals surface area contributed by atoms with Gasteiger partial charge in [-0.2, -0.15) is 0 Å². The van der Waals surface area contributed by atoms with Crippen LogP contribution >= 0.6 is 12.4 Å². The number of nitrogens with zero attached hydrogens (tertiary/aromatic N) is 3. The molecule has 1 aromatic heterocycles. The maximum Gasteiger partial charge on any atom is 0.407 e. The molecule has 2 aliphatic heterocycles. The first-order valence-corrected chi connectivity index (χ1v) is 11.0. The molecule has 0 unspecified atom stereocenters. The lowest BCUT2D eigenvalue weighted by Crippen LogP contribution is -2.39. The molecule has 10 heteroatoms. The van der Waals surface area contributed by atoms with E-state index in [4.69, 9.17) is 9.47 Å². The number of anilines is 1. The number of hydrogen-bond donors (Lipinski definition) is 2. The molecule has 0 aliphatic carbocycles. The first-order chi connectivity index (χ1) is 16.0. The Morgan fingerprint density at radius 3 is 2.88 bits per heavy atom. The molecule has 5 rings (SSSR count). The van der Waals surface area contributed by atoms with E-state index >= 15 is 0 Å². The number of alkyl carbamates (subject to hydrolysis) is 1. The molecule has 0 radical (unpaired) electrons. The number of aromatic nitrogens is 2. The van der Waals surface area contributed by atoms with Crippen LogP contribution in [0.5, 0.6) is 5.75 Å². The van der Waals surface area contributed by atoms with Crippen molar-refractivity contribution in [3.63, 3.8) is 0 Å². The number of benzene rings is 2. The normalized spacial score (nSPS) is 19.8. The van der Waals surface area contributed by atoms with Gasteiger partial charge in [0.05, 0.1) is 30.3 Å². The van der Waals surface area contributed by atoms with E-state index < -0.39 is 11.9 Å². The summed E-state index contributed by atoms with van der Waals surface area (Å²) in [7, 11) is 0. The van der Waals surface area contributed by atoms with Crippen molar-refractivity contribution in [1.29, 1.82) is 0 Å². The van der Waals surface area contributed by atoms with Crippen LogP contribution in [-0.2, 0) is 9.47 Å². The second kappa shape index (κ2) is 9.99. The average molecular weight is 489 g/mol. The second-order valence-corrected chi connectivity index (χ2v) is 8.49. The second-order valence-electron chi connectivity index (χ2n) is 8.49. The Morgan fingerprint density at radius 1 is 1.26 bits per heavy atom. The van der Waals surface area contributed by atoms with Gasteiger partial charge in [0.2, 0.25) is 0 Å². The summed E-state index contributed by atoms with van der Waals surface area (Å²) in [5.41, 5.74) is 1.64. The predicted molar refractivity (Wildman–Crippen MR) is 128 cm³/mol. The zero-order chi connectivity index (χ0) is 22.9. The number of aryl methyl sites for hydroxylation is 1. The van der Waals surface area contributed by atoms with Crippen LogP contribution in [-0.4, -0.2) is 59.6 Å². The minimum absolute atomic E-state index is 0. The van der Waals surface area contributed by atoms with E-state index in [1.807, 2.05) is 30.0 Å². The van der Waals surface area contributed by atoms with E-state index in [1.165, 1.54) is 18.2 Å². The van der Waals surface area contributed by atoms with Gasteiger partial charge in [-0.15, -0.1) is 12.4 Å². The minimum atomic E-state index is -0.590. The smallest absolute Gasteiger partial charge is 0.407 e. The van der Waals surface area contributed by atoms with Crippen LogP contribution in [0.15, 0.2) is 36.4 Å². The molecule has 1 amide bonds. The lowest BCUT2D eigenvalue weighted by molar-refractivity contribution is 0.0813. The van der Waals surface area contributed by atoms with Gasteiger partial charge < -0.3 is 24.8 Å². The predicted octanol–water partition coefficient (Wildman–Crippen LogP) is 3.97. The topological polar surface area (TPSA) is 96.8 Å². The first-order valence-electron chi connectivity index (χ1n) is 11.0. The molecule has 0 saturated carbocycles. The maximum atomic E-state index is 14.6. The van der Waals surface area contributed by atoms with Crippen LogP contribution in [0.4, 0.5) is 15.0 Å². The summed E-state index contributed by atoms with van der Waals surface area (Å²) in [5, 5.41) is 14.0. The van der Waals surface area contributed by atoms with Crippen LogP contribution in [0.2, 0.25) is 0 Å². The molecule has 3 aromatic rings.